The second-order valence-electron chi connectivity index (χ2n) is 10.4. The van der Waals surface area contributed by atoms with E-state index < -0.39 is 5.79 Å². The zero-order valence-electron chi connectivity index (χ0n) is 22.8. The Morgan fingerprint density at radius 2 is 1.50 bits per heavy atom. The molecule has 5 aromatic rings. The molecule has 2 aliphatic heterocycles. The van der Waals surface area contributed by atoms with Crippen molar-refractivity contribution >= 4 is 51.1 Å². The molecule has 0 radical (unpaired) electrons. The Morgan fingerprint density at radius 1 is 0.810 bits per heavy atom. The lowest BCUT2D eigenvalue weighted by atomic mass is 10.0. The molecular formula is C32H29N5O4S. The Labute approximate surface area is 246 Å². The number of hydrogen-bond acceptors (Lipinski definition) is 7. The fraction of sp³-hybridized carbons (Fsp3) is 0.219. The highest BCUT2D eigenvalue weighted by molar-refractivity contribution is 7.12. The van der Waals surface area contributed by atoms with Gasteiger partial charge in [0.15, 0.2) is 5.79 Å². The lowest BCUT2D eigenvalue weighted by Gasteiger charge is -2.38. The third-order valence-corrected chi connectivity index (χ3v) is 8.64. The molecule has 42 heavy (non-hydrogen) atoms. The number of carbonyl (C=O) groups is 2. The van der Waals surface area contributed by atoms with Gasteiger partial charge in [-0.15, -0.1) is 11.3 Å². The number of hydrogen-bond donors (Lipinski definition) is 2. The Morgan fingerprint density at radius 3 is 2.21 bits per heavy atom. The van der Waals surface area contributed by atoms with Gasteiger partial charge in [0.25, 0.3) is 11.8 Å². The topological polar surface area (TPSA) is 97.7 Å². The first kappa shape index (κ1) is 26.4. The number of nitrogens with one attached hydrogen (secondary N) is 2. The number of carbonyl (C=O) groups excluding carboxylic acids is 2. The van der Waals surface area contributed by atoms with Gasteiger partial charge in [-0.2, -0.15) is 5.10 Å². The van der Waals surface area contributed by atoms with E-state index in [2.05, 4.69) is 20.6 Å². The Kier molecular flexibility index (Phi) is 6.94. The van der Waals surface area contributed by atoms with Crippen LogP contribution in [0.2, 0.25) is 0 Å². The van der Waals surface area contributed by atoms with E-state index in [0.717, 1.165) is 48.2 Å². The van der Waals surface area contributed by atoms with Gasteiger partial charge in [-0.3, -0.25) is 9.59 Å². The number of rotatable bonds is 6. The van der Waals surface area contributed by atoms with Crippen LogP contribution in [-0.4, -0.2) is 53.7 Å². The van der Waals surface area contributed by atoms with Gasteiger partial charge in [-0.25, -0.2) is 4.68 Å². The van der Waals surface area contributed by atoms with Crippen LogP contribution in [0.5, 0.6) is 0 Å². The van der Waals surface area contributed by atoms with Crippen LogP contribution in [0.25, 0.3) is 16.6 Å². The quantitative estimate of drug-likeness (QED) is 0.259. The molecule has 2 aliphatic rings. The second-order valence-corrected chi connectivity index (χ2v) is 11.4. The maximum Gasteiger partial charge on any atom is 0.265 e. The molecule has 0 bridgehead atoms. The molecule has 7 rings (SSSR count). The third-order valence-electron chi connectivity index (χ3n) is 7.77. The fourth-order valence-electron chi connectivity index (χ4n) is 5.52. The summed E-state index contributed by atoms with van der Waals surface area (Å²) in [6.45, 7) is 3.06. The number of nitrogens with zero attached hydrogens (tertiary/aromatic N) is 3. The highest BCUT2D eigenvalue weighted by Gasteiger charge is 2.39. The summed E-state index contributed by atoms with van der Waals surface area (Å²) < 4.78 is 13.5. The smallest absolute Gasteiger partial charge is 0.265 e. The van der Waals surface area contributed by atoms with Crippen LogP contribution < -0.4 is 15.5 Å². The summed E-state index contributed by atoms with van der Waals surface area (Å²) in [5.41, 5.74) is 4.86. The maximum atomic E-state index is 13.0. The average molecular weight is 580 g/mol. The van der Waals surface area contributed by atoms with Crippen LogP contribution in [0.15, 0.2) is 90.4 Å². The number of fused-ring (bicyclic) bond motifs is 1. The molecule has 212 valence electrons. The molecule has 3 aromatic carbocycles. The largest absolute Gasteiger partial charge is 0.371 e. The summed E-state index contributed by atoms with van der Waals surface area (Å²) in [6.07, 6.45) is 3.46. The first-order chi connectivity index (χ1) is 20.6. The molecule has 2 aromatic heterocycles. The van der Waals surface area contributed by atoms with E-state index >= 15 is 0 Å². The molecule has 2 amide bonds. The van der Waals surface area contributed by atoms with Gasteiger partial charge in [0.1, 0.15) is 0 Å². The molecule has 0 atom stereocenters. The summed E-state index contributed by atoms with van der Waals surface area (Å²) in [5.74, 6) is -0.696. The number of anilines is 3. The van der Waals surface area contributed by atoms with Crippen LogP contribution in [-0.2, 0) is 9.47 Å². The van der Waals surface area contributed by atoms with E-state index in [1.54, 1.807) is 12.3 Å². The zero-order chi connectivity index (χ0) is 28.5. The molecule has 2 N–H and O–H groups in total. The van der Waals surface area contributed by atoms with Crippen molar-refractivity contribution in [1.29, 1.82) is 0 Å². The normalized spacial score (nSPS) is 16.1. The van der Waals surface area contributed by atoms with Crippen molar-refractivity contribution in [1.82, 2.24) is 9.78 Å². The number of amides is 2. The van der Waals surface area contributed by atoms with Crippen LogP contribution >= 0.6 is 11.3 Å². The van der Waals surface area contributed by atoms with Crippen LogP contribution in [0.3, 0.4) is 0 Å². The summed E-state index contributed by atoms with van der Waals surface area (Å²) in [7, 11) is 0. The minimum Gasteiger partial charge on any atom is -0.371 e. The predicted molar refractivity (Wildman–Crippen MR) is 164 cm³/mol. The molecule has 2 saturated heterocycles. The van der Waals surface area contributed by atoms with Gasteiger partial charge in [0.2, 0.25) is 0 Å². The van der Waals surface area contributed by atoms with Gasteiger partial charge in [0.05, 0.1) is 35.5 Å². The number of ether oxygens (including phenoxy) is 2. The van der Waals surface area contributed by atoms with Crippen molar-refractivity contribution in [3.63, 3.8) is 0 Å². The highest BCUT2D eigenvalue weighted by Crippen LogP contribution is 2.33. The van der Waals surface area contributed by atoms with Crippen LogP contribution in [0.1, 0.15) is 32.9 Å². The molecule has 1 spiro atoms. The summed E-state index contributed by atoms with van der Waals surface area (Å²) in [5, 5.41) is 13.2. The molecule has 9 nitrogen and oxygen atoms in total. The lowest BCUT2D eigenvalue weighted by Crippen LogP contribution is -2.45. The SMILES string of the molecule is O=C(Nc1ccc2c(cnn2-c2ccc(NC(=O)c3cccs3)cc2)c1)c1ccc(N2CCC3(CC2)OCCO3)cc1. The minimum absolute atomic E-state index is 0.127. The first-order valence-electron chi connectivity index (χ1n) is 13.9. The van der Waals surface area contributed by atoms with E-state index in [1.165, 1.54) is 11.3 Å². The Bertz CT molecular complexity index is 1720. The van der Waals surface area contributed by atoms with Gasteiger partial charge in [-0.05, 0) is 78.2 Å². The summed E-state index contributed by atoms with van der Waals surface area (Å²) >= 11 is 1.40. The van der Waals surface area contributed by atoms with Gasteiger partial charge in [-0.1, -0.05) is 6.07 Å². The predicted octanol–water partition coefficient (Wildman–Crippen LogP) is 5.93. The summed E-state index contributed by atoms with van der Waals surface area (Å²) in [4.78, 5) is 28.3. The van der Waals surface area contributed by atoms with E-state index in [1.807, 2.05) is 82.9 Å². The van der Waals surface area contributed by atoms with Crippen molar-refractivity contribution < 1.29 is 19.1 Å². The average Bonchev–Trinajstić information content (AvgIpc) is 3.80. The maximum absolute atomic E-state index is 13.0. The second kappa shape index (κ2) is 11.1. The van der Waals surface area contributed by atoms with Crippen molar-refractivity contribution in [3.05, 3.63) is 101 Å². The van der Waals surface area contributed by atoms with E-state index in [-0.39, 0.29) is 11.8 Å². The number of thiophene rings is 1. The van der Waals surface area contributed by atoms with E-state index in [0.29, 0.717) is 35.0 Å². The van der Waals surface area contributed by atoms with Crippen molar-refractivity contribution in [3.8, 4) is 5.69 Å². The molecular weight excluding hydrogens is 550 g/mol. The first-order valence-corrected chi connectivity index (χ1v) is 14.8. The lowest BCUT2D eigenvalue weighted by molar-refractivity contribution is -0.169. The molecule has 4 heterocycles. The van der Waals surface area contributed by atoms with E-state index in [9.17, 15) is 9.59 Å². The van der Waals surface area contributed by atoms with E-state index in [4.69, 9.17) is 9.47 Å². The highest BCUT2D eigenvalue weighted by atomic mass is 32.1. The minimum atomic E-state index is -0.401. The third kappa shape index (κ3) is 5.27. The zero-order valence-corrected chi connectivity index (χ0v) is 23.6. The standard InChI is InChI=1S/C32H29N5O4S/c38-30(22-3-8-26(9-4-22)36-15-13-32(14-16-36)40-17-18-41-32)35-25-7-12-28-23(20-25)21-33-37(28)27-10-5-24(6-11-27)34-31(39)29-2-1-19-42-29/h1-12,19-21H,13-18H2,(H,34,39)(H,35,38). The van der Waals surface area contributed by atoms with Crippen molar-refractivity contribution in [2.75, 3.05) is 41.8 Å². The van der Waals surface area contributed by atoms with Crippen molar-refractivity contribution in [2.45, 2.75) is 18.6 Å². The fourth-order valence-corrected chi connectivity index (χ4v) is 6.14. The monoisotopic (exact) mass is 579 g/mol. The molecule has 2 fully saturated rings. The molecule has 0 saturated carbocycles. The number of aromatic nitrogens is 2. The van der Waals surface area contributed by atoms with Crippen LogP contribution in [0, 0.1) is 0 Å². The van der Waals surface area contributed by atoms with Gasteiger partial charge >= 0.3 is 0 Å². The Balaban J connectivity index is 0.989. The Hall–Kier alpha value is -4.51. The summed E-state index contributed by atoms with van der Waals surface area (Å²) in [6, 6.07) is 24.6. The van der Waals surface area contributed by atoms with Crippen LogP contribution in [0.4, 0.5) is 17.1 Å². The number of piperidine rings is 1. The van der Waals surface area contributed by atoms with Gasteiger partial charge in [0, 0.05) is 53.9 Å². The number of benzene rings is 3. The molecule has 0 aliphatic carbocycles. The van der Waals surface area contributed by atoms with Crippen molar-refractivity contribution in [2.24, 2.45) is 0 Å². The molecule has 0 unspecified atom stereocenters. The molecule has 10 heteroatoms. The van der Waals surface area contributed by atoms with Gasteiger partial charge < -0.3 is 25.0 Å².